The number of amides is 1. The topological polar surface area (TPSA) is 71.5 Å². The molecule has 1 amide bonds. The normalized spacial score (nSPS) is 12.5. The number of nitrogens with one attached hydrogen (secondary N) is 1. The molecule has 1 aromatic heterocycles. The van der Waals surface area contributed by atoms with Gasteiger partial charge in [0.05, 0.1) is 5.69 Å². The van der Waals surface area contributed by atoms with Crippen LogP contribution in [0.5, 0.6) is 0 Å². The molecule has 0 saturated carbocycles. The zero-order valence-corrected chi connectivity index (χ0v) is 19.6. The summed E-state index contributed by atoms with van der Waals surface area (Å²) in [5.74, 6) is 3.98. The number of ether oxygens (including phenoxy) is 1. The molecule has 166 valence electrons. The number of aliphatic hydroxyl groups is 1. The largest absolute Gasteiger partial charge is 0.439 e. The SMILES string of the molecule is CC(C)(O)C#Cc1ccc(Br)c([C@H](Cc2cc(F)cc(F)c2)OC(=O)NC(C)(C)C)n1. The molecule has 8 heteroatoms. The lowest BCUT2D eigenvalue weighted by molar-refractivity contribution is 0.0884. The van der Waals surface area contributed by atoms with Gasteiger partial charge in [-0.1, -0.05) is 5.92 Å². The van der Waals surface area contributed by atoms with Gasteiger partial charge in [0, 0.05) is 22.5 Å². The molecule has 5 nitrogen and oxygen atoms in total. The summed E-state index contributed by atoms with van der Waals surface area (Å²) in [4.78, 5) is 16.9. The van der Waals surface area contributed by atoms with Crippen LogP contribution in [0.2, 0.25) is 0 Å². The minimum absolute atomic E-state index is 0.0137. The minimum Gasteiger partial charge on any atom is -0.439 e. The van der Waals surface area contributed by atoms with E-state index < -0.39 is 35.0 Å². The number of alkyl carbamates (subject to hydrolysis) is 1. The maximum absolute atomic E-state index is 13.7. The van der Waals surface area contributed by atoms with Crippen molar-refractivity contribution in [2.75, 3.05) is 0 Å². The molecule has 0 aliphatic carbocycles. The molecular weight excluding hydrogens is 470 g/mol. The lowest BCUT2D eigenvalue weighted by Gasteiger charge is -2.24. The number of aromatic nitrogens is 1. The number of hydrogen-bond donors (Lipinski definition) is 2. The Hall–Kier alpha value is -2.50. The first kappa shape index (κ1) is 24.8. The van der Waals surface area contributed by atoms with Gasteiger partial charge in [-0.2, -0.15) is 0 Å². The Kier molecular flexibility index (Phi) is 7.79. The van der Waals surface area contributed by atoms with E-state index in [0.29, 0.717) is 21.4 Å². The Morgan fingerprint density at radius 3 is 2.35 bits per heavy atom. The molecule has 0 radical (unpaired) electrons. The molecule has 1 heterocycles. The number of hydrogen-bond acceptors (Lipinski definition) is 4. The van der Waals surface area contributed by atoms with Crippen molar-refractivity contribution in [2.24, 2.45) is 0 Å². The maximum Gasteiger partial charge on any atom is 0.408 e. The van der Waals surface area contributed by atoms with E-state index in [-0.39, 0.29) is 6.42 Å². The zero-order chi connectivity index (χ0) is 23.4. The number of pyridine rings is 1. The Bertz CT molecular complexity index is 998. The highest BCUT2D eigenvalue weighted by Crippen LogP contribution is 2.29. The fourth-order valence-corrected chi connectivity index (χ4v) is 3.05. The lowest BCUT2D eigenvalue weighted by Crippen LogP contribution is -2.41. The molecule has 1 atom stereocenters. The predicted molar refractivity (Wildman–Crippen MR) is 117 cm³/mol. The average molecular weight is 495 g/mol. The van der Waals surface area contributed by atoms with Gasteiger partial charge >= 0.3 is 6.09 Å². The van der Waals surface area contributed by atoms with Crippen molar-refractivity contribution in [2.45, 2.75) is 58.3 Å². The summed E-state index contributed by atoms with van der Waals surface area (Å²) in [5.41, 5.74) is -0.784. The van der Waals surface area contributed by atoms with Crippen LogP contribution in [0.1, 0.15) is 57.7 Å². The van der Waals surface area contributed by atoms with Crippen molar-refractivity contribution in [3.63, 3.8) is 0 Å². The second kappa shape index (κ2) is 9.75. The van der Waals surface area contributed by atoms with Gasteiger partial charge in [-0.25, -0.2) is 18.6 Å². The number of rotatable bonds is 4. The predicted octanol–water partition coefficient (Wildman–Crippen LogP) is 5.05. The Morgan fingerprint density at radius 1 is 1.19 bits per heavy atom. The molecule has 0 fully saturated rings. The summed E-state index contributed by atoms with van der Waals surface area (Å²) in [7, 11) is 0. The molecule has 0 unspecified atom stereocenters. The summed E-state index contributed by atoms with van der Waals surface area (Å²) >= 11 is 3.40. The third-order valence-corrected chi connectivity index (χ3v) is 4.41. The Labute approximate surface area is 189 Å². The van der Waals surface area contributed by atoms with Crippen molar-refractivity contribution in [3.05, 3.63) is 63.4 Å². The molecular formula is C23H25BrF2N2O3. The third-order valence-electron chi connectivity index (χ3n) is 3.74. The highest BCUT2D eigenvalue weighted by atomic mass is 79.9. The van der Waals surface area contributed by atoms with Crippen LogP contribution >= 0.6 is 15.9 Å². The minimum atomic E-state index is -1.21. The summed E-state index contributed by atoms with van der Waals surface area (Å²) < 4.78 is 33.5. The van der Waals surface area contributed by atoms with Crippen LogP contribution in [0.15, 0.2) is 34.8 Å². The first-order valence-corrected chi connectivity index (χ1v) is 10.4. The van der Waals surface area contributed by atoms with Gasteiger partial charge in [0.1, 0.15) is 22.9 Å². The van der Waals surface area contributed by atoms with Crippen molar-refractivity contribution in [1.82, 2.24) is 10.3 Å². The van der Waals surface area contributed by atoms with Gasteiger partial charge in [-0.15, -0.1) is 0 Å². The summed E-state index contributed by atoms with van der Waals surface area (Å²) in [6.45, 7) is 8.48. The van der Waals surface area contributed by atoms with Gasteiger partial charge in [0.15, 0.2) is 6.10 Å². The second-order valence-corrected chi connectivity index (χ2v) is 9.48. The summed E-state index contributed by atoms with van der Waals surface area (Å²) in [5, 5.41) is 12.5. The van der Waals surface area contributed by atoms with E-state index >= 15 is 0 Å². The van der Waals surface area contributed by atoms with Crippen molar-refractivity contribution < 1.29 is 23.4 Å². The first-order chi connectivity index (χ1) is 14.2. The number of carbonyl (C=O) groups excluding carboxylic acids is 1. The fraction of sp³-hybridized carbons (Fsp3) is 0.391. The van der Waals surface area contributed by atoms with Crippen LogP contribution in [0.25, 0.3) is 0 Å². The molecule has 2 rings (SSSR count). The van der Waals surface area contributed by atoms with Crippen LogP contribution in [0.4, 0.5) is 13.6 Å². The van der Waals surface area contributed by atoms with Gasteiger partial charge in [-0.05, 0) is 86.3 Å². The quantitative estimate of drug-likeness (QED) is 0.583. The molecule has 2 N–H and O–H groups in total. The Balaban J connectivity index is 2.45. The van der Waals surface area contributed by atoms with Crippen LogP contribution < -0.4 is 5.32 Å². The van der Waals surface area contributed by atoms with Gasteiger partial charge in [-0.3, -0.25) is 0 Å². The standard InChI is InChI=1S/C23H25BrF2N2O3/c1-22(2,3)28-21(29)31-19(12-14-10-15(25)13-16(26)11-14)20-18(24)7-6-17(27-20)8-9-23(4,5)30/h6-7,10-11,13,19,30H,12H2,1-5H3,(H,28,29)/t19-/m0/s1. The van der Waals surface area contributed by atoms with E-state index in [2.05, 4.69) is 38.1 Å². The Morgan fingerprint density at radius 2 is 1.81 bits per heavy atom. The average Bonchev–Trinajstić information content (AvgIpc) is 2.57. The maximum atomic E-state index is 13.7. The molecule has 0 saturated heterocycles. The molecule has 31 heavy (non-hydrogen) atoms. The molecule has 0 bridgehead atoms. The van der Waals surface area contributed by atoms with E-state index in [1.807, 2.05) is 0 Å². The van der Waals surface area contributed by atoms with E-state index in [9.17, 15) is 18.7 Å². The van der Waals surface area contributed by atoms with E-state index in [0.717, 1.165) is 6.07 Å². The lowest BCUT2D eigenvalue weighted by atomic mass is 10.0. The van der Waals surface area contributed by atoms with Crippen molar-refractivity contribution in [1.29, 1.82) is 0 Å². The van der Waals surface area contributed by atoms with E-state index in [1.165, 1.54) is 12.1 Å². The molecule has 0 aliphatic heterocycles. The number of nitrogens with zero attached hydrogens (tertiary/aromatic N) is 1. The highest BCUT2D eigenvalue weighted by Gasteiger charge is 2.25. The van der Waals surface area contributed by atoms with E-state index in [4.69, 9.17) is 4.74 Å². The smallest absolute Gasteiger partial charge is 0.408 e. The zero-order valence-electron chi connectivity index (χ0n) is 18.0. The van der Waals surface area contributed by atoms with Crippen molar-refractivity contribution >= 4 is 22.0 Å². The van der Waals surface area contributed by atoms with Crippen LogP contribution in [-0.2, 0) is 11.2 Å². The molecule has 0 spiro atoms. The number of benzene rings is 1. The van der Waals surface area contributed by atoms with Crippen LogP contribution in [0, 0.1) is 23.5 Å². The highest BCUT2D eigenvalue weighted by molar-refractivity contribution is 9.10. The number of halogens is 3. The third kappa shape index (κ3) is 8.64. The summed E-state index contributed by atoms with van der Waals surface area (Å²) in [6.07, 6.45) is -1.67. The fourth-order valence-electron chi connectivity index (χ4n) is 2.57. The second-order valence-electron chi connectivity index (χ2n) is 8.62. The number of carbonyl (C=O) groups is 1. The molecule has 0 aliphatic rings. The monoisotopic (exact) mass is 494 g/mol. The van der Waals surface area contributed by atoms with Crippen molar-refractivity contribution in [3.8, 4) is 11.8 Å². The molecule has 2 aromatic rings. The van der Waals surface area contributed by atoms with E-state index in [1.54, 1.807) is 46.8 Å². The van der Waals surface area contributed by atoms with Gasteiger partial charge < -0.3 is 15.2 Å². The summed E-state index contributed by atoms with van der Waals surface area (Å²) in [6, 6.07) is 6.44. The van der Waals surface area contributed by atoms with Gasteiger partial charge in [0.25, 0.3) is 0 Å². The van der Waals surface area contributed by atoms with Gasteiger partial charge in [0.2, 0.25) is 0 Å². The molecule has 1 aromatic carbocycles. The van der Waals surface area contributed by atoms with Crippen LogP contribution in [-0.4, -0.2) is 27.3 Å². The first-order valence-electron chi connectivity index (χ1n) is 9.57. The van der Waals surface area contributed by atoms with Crippen LogP contribution in [0.3, 0.4) is 0 Å².